The minimum Gasteiger partial charge on any atom is -0.466 e. The molecule has 0 saturated carbocycles. The van der Waals surface area contributed by atoms with Crippen LogP contribution in [-0.2, 0) is 9.53 Å². The third-order valence-electron chi connectivity index (χ3n) is 2.98. The quantitative estimate of drug-likeness (QED) is 0.204. The van der Waals surface area contributed by atoms with Crippen molar-refractivity contribution in [1.29, 1.82) is 0 Å². The third-order valence-corrected chi connectivity index (χ3v) is 4.36. The number of hydrogen-bond acceptors (Lipinski definition) is 4. The van der Waals surface area contributed by atoms with E-state index in [1.807, 2.05) is 18.7 Å². The molecule has 7 heteroatoms. The molecule has 0 spiro atoms. The molecule has 1 fully saturated rings. The second kappa shape index (κ2) is 13.5. The number of thioether (sulfide) groups is 1. The topological polar surface area (TPSA) is 62.7 Å². The van der Waals surface area contributed by atoms with E-state index in [9.17, 15) is 4.79 Å². The van der Waals surface area contributed by atoms with Crippen molar-refractivity contribution >= 4 is 47.7 Å². The number of guanidine groups is 1. The molecule has 2 N–H and O–H groups in total. The molecule has 0 aromatic carbocycles. The number of nitrogens with zero attached hydrogens (tertiary/aromatic N) is 1. The lowest BCUT2D eigenvalue weighted by Gasteiger charge is -2.12. The zero-order valence-corrected chi connectivity index (χ0v) is 16.2. The van der Waals surface area contributed by atoms with E-state index in [0.29, 0.717) is 18.3 Å². The second-order valence-electron chi connectivity index (χ2n) is 4.69. The summed E-state index contributed by atoms with van der Waals surface area (Å²) in [7, 11) is 0. The van der Waals surface area contributed by atoms with Crippen LogP contribution in [0.3, 0.4) is 0 Å². The fraction of sp³-hybridized carbons (Fsp3) is 0.857. The van der Waals surface area contributed by atoms with Crippen molar-refractivity contribution in [3.8, 4) is 0 Å². The highest BCUT2D eigenvalue weighted by Crippen LogP contribution is 2.25. The average molecular weight is 429 g/mol. The van der Waals surface area contributed by atoms with Crippen LogP contribution in [0.1, 0.15) is 39.5 Å². The summed E-state index contributed by atoms with van der Waals surface area (Å²) in [6.07, 6.45) is 3.81. The van der Waals surface area contributed by atoms with Crippen molar-refractivity contribution in [3.05, 3.63) is 0 Å². The predicted molar refractivity (Wildman–Crippen MR) is 101 cm³/mol. The zero-order chi connectivity index (χ0) is 14.6. The van der Waals surface area contributed by atoms with Crippen LogP contribution in [0, 0.1) is 0 Å². The van der Waals surface area contributed by atoms with E-state index < -0.39 is 0 Å². The molecule has 0 aromatic rings. The van der Waals surface area contributed by atoms with E-state index in [2.05, 4.69) is 22.5 Å². The van der Waals surface area contributed by atoms with E-state index >= 15 is 0 Å². The minimum absolute atomic E-state index is 0. The molecule has 1 unspecified atom stereocenters. The maximum Gasteiger partial charge on any atom is 0.305 e. The van der Waals surface area contributed by atoms with Gasteiger partial charge in [0.2, 0.25) is 0 Å². The van der Waals surface area contributed by atoms with Crippen molar-refractivity contribution in [2.45, 2.75) is 44.8 Å². The molecule has 0 bridgehead atoms. The molecular weight excluding hydrogens is 401 g/mol. The Kier molecular flexibility index (Phi) is 13.4. The molecule has 0 aromatic heterocycles. The van der Waals surface area contributed by atoms with Gasteiger partial charge in [0, 0.05) is 24.8 Å². The molecule has 1 rings (SSSR count). The number of esters is 1. The van der Waals surface area contributed by atoms with E-state index in [0.717, 1.165) is 32.0 Å². The second-order valence-corrected chi connectivity index (χ2v) is 6.10. The Morgan fingerprint density at radius 1 is 1.38 bits per heavy atom. The highest BCUT2D eigenvalue weighted by Gasteiger charge is 2.14. The molecule has 21 heavy (non-hydrogen) atoms. The highest BCUT2D eigenvalue weighted by atomic mass is 127. The lowest BCUT2D eigenvalue weighted by molar-refractivity contribution is -0.143. The van der Waals surface area contributed by atoms with E-state index in [1.54, 1.807) is 0 Å². The summed E-state index contributed by atoms with van der Waals surface area (Å²) in [4.78, 5) is 15.8. The molecule has 5 nitrogen and oxygen atoms in total. The Labute approximate surface area is 149 Å². The number of nitrogens with one attached hydrogen (secondary N) is 2. The molecule has 0 amide bonds. The SMILES string of the molecule is CCNC(=NCC1CCCS1)NCCCC(=O)OCC.I. The number of rotatable bonds is 8. The molecule has 1 atom stereocenters. The monoisotopic (exact) mass is 429 g/mol. The summed E-state index contributed by atoms with van der Waals surface area (Å²) in [5.41, 5.74) is 0. The largest absolute Gasteiger partial charge is 0.466 e. The van der Waals surface area contributed by atoms with Gasteiger partial charge >= 0.3 is 5.97 Å². The highest BCUT2D eigenvalue weighted by molar-refractivity contribution is 14.0. The number of carbonyl (C=O) groups excluding carboxylic acids is 1. The maximum absolute atomic E-state index is 11.2. The van der Waals surface area contributed by atoms with Crippen molar-refractivity contribution in [2.24, 2.45) is 4.99 Å². The molecule has 1 saturated heterocycles. The van der Waals surface area contributed by atoms with Gasteiger partial charge < -0.3 is 15.4 Å². The molecule has 1 aliphatic rings. The minimum atomic E-state index is -0.126. The summed E-state index contributed by atoms with van der Waals surface area (Å²) < 4.78 is 4.90. The van der Waals surface area contributed by atoms with Crippen LogP contribution in [0.15, 0.2) is 4.99 Å². The molecule has 0 radical (unpaired) electrons. The Hall–Kier alpha value is -0.180. The van der Waals surface area contributed by atoms with Crippen LogP contribution in [-0.4, -0.2) is 49.2 Å². The molecular formula is C14H28IN3O2S. The van der Waals surface area contributed by atoms with Crippen LogP contribution in [0.25, 0.3) is 0 Å². The Balaban J connectivity index is 0.00000400. The lowest BCUT2D eigenvalue weighted by Crippen LogP contribution is -2.38. The van der Waals surface area contributed by atoms with Gasteiger partial charge in [-0.3, -0.25) is 9.79 Å². The first kappa shape index (κ1) is 20.8. The number of ether oxygens (including phenoxy) is 1. The molecule has 0 aliphatic carbocycles. The Morgan fingerprint density at radius 3 is 2.81 bits per heavy atom. The standard InChI is InChI=1S/C14H27N3O2S.HI/c1-3-15-14(17-11-12-7-6-10-20-12)16-9-5-8-13(18)19-4-2;/h12H,3-11H2,1-2H3,(H2,15,16,17);1H. The van der Waals surface area contributed by atoms with Crippen molar-refractivity contribution in [2.75, 3.05) is 32.0 Å². The fourth-order valence-electron chi connectivity index (χ4n) is 2.00. The first-order chi connectivity index (χ1) is 9.76. The molecule has 124 valence electrons. The van der Waals surface area contributed by atoms with Crippen LogP contribution in [0.5, 0.6) is 0 Å². The van der Waals surface area contributed by atoms with Gasteiger partial charge in [-0.1, -0.05) is 0 Å². The van der Waals surface area contributed by atoms with Crippen molar-refractivity contribution in [1.82, 2.24) is 10.6 Å². The van der Waals surface area contributed by atoms with Crippen LogP contribution in [0.2, 0.25) is 0 Å². The predicted octanol–water partition coefficient (Wildman–Crippen LogP) is 2.40. The van der Waals surface area contributed by atoms with Gasteiger partial charge in [0.05, 0.1) is 13.2 Å². The summed E-state index contributed by atoms with van der Waals surface area (Å²) in [6.45, 7) is 6.80. The molecule has 1 aliphatic heterocycles. The van der Waals surface area contributed by atoms with Gasteiger partial charge in [-0.05, 0) is 38.9 Å². The van der Waals surface area contributed by atoms with Gasteiger partial charge in [0.1, 0.15) is 0 Å². The van der Waals surface area contributed by atoms with Crippen LogP contribution < -0.4 is 10.6 Å². The zero-order valence-electron chi connectivity index (χ0n) is 13.0. The van der Waals surface area contributed by atoms with E-state index in [1.165, 1.54) is 18.6 Å². The van der Waals surface area contributed by atoms with Crippen molar-refractivity contribution in [3.63, 3.8) is 0 Å². The summed E-state index contributed by atoms with van der Waals surface area (Å²) in [6, 6.07) is 0. The maximum atomic E-state index is 11.2. The number of carbonyl (C=O) groups is 1. The van der Waals surface area contributed by atoms with Gasteiger partial charge in [0.25, 0.3) is 0 Å². The summed E-state index contributed by atoms with van der Waals surface area (Å²) in [5.74, 6) is 1.99. The normalized spacial score (nSPS) is 18.0. The van der Waals surface area contributed by atoms with Crippen LogP contribution in [0.4, 0.5) is 0 Å². The summed E-state index contributed by atoms with van der Waals surface area (Å²) >= 11 is 2.02. The first-order valence-electron chi connectivity index (χ1n) is 7.55. The van der Waals surface area contributed by atoms with E-state index in [4.69, 9.17) is 4.74 Å². The van der Waals surface area contributed by atoms with Gasteiger partial charge in [0.15, 0.2) is 5.96 Å². The van der Waals surface area contributed by atoms with E-state index in [-0.39, 0.29) is 29.9 Å². The van der Waals surface area contributed by atoms with Crippen LogP contribution >= 0.6 is 35.7 Å². The number of hydrogen-bond donors (Lipinski definition) is 2. The average Bonchev–Trinajstić information content (AvgIpc) is 2.94. The lowest BCUT2D eigenvalue weighted by atomic mass is 10.2. The van der Waals surface area contributed by atoms with Crippen molar-refractivity contribution < 1.29 is 9.53 Å². The number of halogens is 1. The Morgan fingerprint density at radius 2 is 2.19 bits per heavy atom. The van der Waals surface area contributed by atoms with Gasteiger partial charge in [-0.15, -0.1) is 24.0 Å². The third kappa shape index (κ3) is 10.2. The number of aliphatic imine (C=N–C) groups is 1. The Bertz CT molecular complexity index is 311. The summed E-state index contributed by atoms with van der Waals surface area (Å²) in [5, 5.41) is 7.17. The van der Waals surface area contributed by atoms with Gasteiger partial charge in [-0.25, -0.2) is 0 Å². The van der Waals surface area contributed by atoms with Gasteiger partial charge in [-0.2, -0.15) is 11.8 Å². The fourth-order valence-corrected chi connectivity index (χ4v) is 3.18. The first-order valence-corrected chi connectivity index (χ1v) is 8.60. The smallest absolute Gasteiger partial charge is 0.305 e. The molecule has 1 heterocycles.